The number of rotatable bonds is 2. The van der Waals surface area contributed by atoms with Gasteiger partial charge in [0.15, 0.2) is 0 Å². The highest BCUT2D eigenvalue weighted by Crippen LogP contribution is 2.34. The van der Waals surface area contributed by atoms with E-state index in [2.05, 4.69) is 11.8 Å². The standard InChI is InChI=1S/C16H26N2O3/c1-11-9-17-8-4-5-12(17)10-18(11)15(19)13-6-2-3-7-14(13)16(20)21/h11-14H,2-10H2,1H3,(H,20,21). The van der Waals surface area contributed by atoms with Crippen LogP contribution in [0.25, 0.3) is 0 Å². The van der Waals surface area contributed by atoms with Gasteiger partial charge in [0.05, 0.1) is 11.8 Å². The fraction of sp³-hybridized carbons (Fsp3) is 0.875. The maximum absolute atomic E-state index is 12.9. The number of piperazine rings is 1. The fourth-order valence-electron chi connectivity index (χ4n) is 4.43. The molecule has 2 aliphatic heterocycles. The summed E-state index contributed by atoms with van der Waals surface area (Å²) in [6.07, 6.45) is 5.71. The van der Waals surface area contributed by atoms with E-state index in [0.717, 1.165) is 38.9 Å². The second-order valence-corrected chi connectivity index (χ2v) is 6.97. The molecule has 3 aliphatic rings. The SMILES string of the molecule is CC1CN2CCCC2CN1C(=O)C1CCCCC1C(=O)O. The molecule has 4 atom stereocenters. The summed E-state index contributed by atoms with van der Waals surface area (Å²) in [5.74, 6) is -1.46. The number of carboxylic acids is 1. The zero-order valence-electron chi connectivity index (χ0n) is 12.8. The van der Waals surface area contributed by atoms with Gasteiger partial charge in [-0.1, -0.05) is 12.8 Å². The molecule has 21 heavy (non-hydrogen) atoms. The van der Waals surface area contributed by atoms with Crippen molar-refractivity contribution >= 4 is 11.9 Å². The largest absolute Gasteiger partial charge is 0.481 e. The molecule has 2 saturated heterocycles. The molecule has 1 amide bonds. The molecule has 3 rings (SSSR count). The van der Waals surface area contributed by atoms with Crippen molar-refractivity contribution in [1.29, 1.82) is 0 Å². The van der Waals surface area contributed by atoms with E-state index in [4.69, 9.17) is 0 Å². The third-order valence-corrected chi connectivity index (χ3v) is 5.62. The van der Waals surface area contributed by atoms with E-state index in [1.165, 1.54) is 12.8 Å². The zero-order chi connectivity index (χ0) is 15.0. The third kappa shape index (κ3) is 2.80. The first-order valence-corrected chi connectivity index (χ1v) is 8.35. The number of aliphatic carboxylic acids is 1. The molecule has 3 fully saturated rings. The predicted octanol–water partition coefficient (Wildman–Crippen LogP) is 1.57. The Kier molecular flexibility index (Phi) is 4.20. The average Bonchev–Trinajstić information content (AvgIpc) is 2.92. The van der Waals surface area contributed by atoms with Gasteiger partial charge in [0.2, 0.25) is 5.91 Å². The quantitative estimate of drug-likeness (QED) is 0.840. The molecule has 0 radical (unpaired) electrons. The van der Waals surface area contributed by atoms with E-state index in [1.54, 1.807) is 0 Å². The topological polar surface area (TPSA) is 60.9 Å². The highest BCUT2D eigenvalue weighted by Gasteiger charge is 2.42. The maximum Gasteiger partial charge on any atom is 0.307 e. The van der Waals surface area contributed by atoms with Gasteiger partial charge in [-0.15, -0.1) is 0 Å². The van der Waals surface area contributed by atoms with Crippen LogP contribution in [0.3, 0.4) is 0 Å². The van der Waals surface area contributed by atoms with Crippen LogP contribution in [0.5, 0.6) is 0 Å². The molecule has 0 aromatic heterocycles. The number of carbonyl (C=O) groups is 2. The Morgan fingerprint density at radius 3 is 2.43 bits per heavy atom. The van der Waals surface area contributed by atoms with E-state index < -0.39 is 11.9 Å². The summed E-state index contributed by atoms with van der Waals surface area (Å²) < 4.78 is 0. The molecule has 2 heterocycles. The van der Waals surface area contributed by atoms with Gasteiger partial charge < -0.3 is 10.0 Å². The number of amides is 1. The molecule has 1 N–H and O–H groups in total. The minimum Gasteiger partial charge on any atom is -0.481 e. The van der Waals surface area contributed by atoms with Gasteiger partial charge in [-0.2, -0.15) is 0 Å². The van der Waals surface area contributed by atoms with Crippen molar-refractivity contribution in [1.82, 2.24) is 9.80 Å². The van der Waals surface area contributed by atoms with Crippen molar-refractivity contribution in [3.05, 3.63) is 0 Å². The van der Waals surface area contributed by atoms with Crippen LogP contribution in [0, 0.1) is 11.8 Å². The normalized spacial score (nSPS) is 37.3. The monoisotopic (exact) mass is 294 g/mol. The van der Waals surface area contributed by atoms with Gasteiger partial charge >= 0.3 is 5.97 Å². The summed E-state index contributed by atoms with van der Waals surface area (Å²) in [6, 6.07) is 0.709. The van der Waals surface area contributed by atoms with Gasteiger partial charge in [-0.25, -0.2) is 0 Å². The molecule has 1 aliphatic carbocycles. The number of nitrogens with zero attached hydrogens (tertiary/aromatic N) is 2. The highest BCUT2D eigenvalue weighted by molar-refractivity contribution is 5.85. The van der Waals surface area contributed by atoms with Gasteiger partial charge in [0.25, 0.3) is 0 Å². The molecule has 0 aromatic carbocycles. The molecule has 5 heteroatoms. The van der Waals surface area contributed by atoms with Crippen molar-refractivity contribution in [3.8, 4) is 0 Å². The molecule has 1 saturated carbocycles. The van der Waals surface area contributed by atoms with Crippen LogP contribution in [0.1, 0.15) is 45.4 Å². The molecular formula is C16H26N2O3. The summed E-state index contributed by atoms with van der Waals surface area (Å²) in [5, 5.41) is 9.39. The van der Waals surface area contributed by atoms with Crippen LogP contribution in [0.15, 0.2) is 0 Å². The maximum atomic E-state index is 12.9. The van der Waals surface area contributed by atoms with Crippen LogP contribution in [-0.4, -0.2) is 58.5 Å². The summed E-state index contributed by atoms with van der Waals surface area (Å²) in [7, 11) is 0. The lowest BCUT2D eigenvalue weighted by molar-refractivity contribution is -0.154. The van der Waals surface area contributed by atoms with E-state index in [1.807, 2.05) is 4.90 Å². The van der Waals surface area contributed by atoms with E-state index >= 15 is 0 Å². The molecule has 5 nitrogen and oxygen atoms in total. The number of carboxylic acid groups (broad SMARTS) is 1. The van der Waals surface area contributed by atoms with Crippen molar-refractivity contribution in [3.63, 3.8) is 0 Å². The molecule has 4 unspecified atom stereocenters. The highest BCUT2D eigenvalue weighted by atomic mass is 16.4. The van der Waals surface area contributed by atoms with Crippen molar-refractivity contribution in [2.45, 2.75) is 57.5 Å². The average molecular weight is 294 g/mol. The number of fused-ring (bicyclic) bond motifs is 1. The van der Waals surface area contributed by atoms with Gasteiger partial charge in [-0.3, -0.25) is 14.5 Å². The molecule has 118 valence electrons. The Morgan fingerprint density at radius 1 is 1.00 bits per heavy atom. The smallest absolute Gasteiger partial charge is 0.307 e. The first-order valence-electron chi connectivity index (χ1n) is 8.35. The first kappa shape index (κ1) is 14.8. The Bertz CT molecular complexity index is 426. The van der Waals surface area contributed by atoms with Crippen LogP contribution in [0.4, 0.5) is 0 Å². The Balaban J connectivity index is 1.72. The summed E-state index contributed by atoms with van der Waals surface area (Å²) in [6.45, 7) is 4.99. The Morgan fingerprint density at radius 2 is 1.71 bits per heavy atom. The van der Waals surface area contributed by atoms with Crippen LogP contribution < -0.4 is 0 Å². The van der Waals surface area contributed by atoms with Crippen LogP contribution >= 0.6 is 0 Å². The lowest BCUT2D eigenvalue weighted by Crippen LogP contribution is -2.58. The molecule has 0 spiro atoms. The van der Waals surface area contributed by atoms with Crippen LogP contribution in [-0.2, 0) is 9.59 Å². The number of carbonyl (C=O) groups excluding carboxylic acids is 1. The van der Waals surface area contributed by atoms with Crippen molar-refractivity contribution in [2.24, 2.45) is 11.8 Å². The van der Waals surface area contributed by atoms with Gasteiger partial charge in [0, 0.05) is 25.2 Å². The van der Waals surface area contributed by atoms with E-state index in [0.29, 0.717) is 12.5 Å². The van der Waals surface area contributed by atoms with E-state index in [9.17, 15) is 14.7 Å². The molecule has 0 aromatic rings. The molecular weight excluding hydrogens is 268 g/mol. The second kappa shape index (κ2) is 5.95. The van der Waals surface area contributed by atoms with Crippen LogP contribution in [0.2, 0.25) is 0 Å². The second-order valence-electron chi connectivity index (χ2n) is 6.97. The first-order chi connectivity index (χ1) is 10.1. The Hall–Kier alpha value is -1.10. The van der Waals surface area contributed by atoms with Crippen molar-refractivity contribution in [2.75, 3.05) is 19.6 Å². The zero-order valence-corrected chi connectivity index (χ0v) is 12.8. The van der Waals surface area contributed by atoms with Gasteiger partial charge in [-0.05, 0) is 39.2 Å². The van der Waals surface area contributed by atoms with Crippen molar-refractivity contribution < 1.29 is 14.7 Å². The molecule has 0 bridgehead atoms. The lowest BCUT2D eigenvalue weighted by atomic mass is 9.78. The minimum absolute atomic E-state index is 0.0983. The predicted molar refractivity (Wildman–Crippen MR) is 78.9 cm³/mol. The van der Waals surface area contributed by atoms with Gasteiger partial charge in [0.1, 0.15) is 0 Å². The fourth-order valence-corrected chi connectivity index (χ4v) is 4.43. The number of hydrogen-bond acceptors (Lipinski definition) is 3. The number of hydrogen-bond donors (Lipinski definition) is 1. The summed E-state index contributed by atoms with van der Waals surface area (Å²) in [5.41, 5.74) is 0. The summed E-state index contributed by atoms with van der Waals surface area (Å²) in [4.78, 5) is 28.8. The Labute approximate surface area is 126 Å². The minimum atomic E-state index is -0.791. The lowest BCUT2D eigenvalue weighted by Gasteiger charge is -2.44. The third-order valence-electron chi connectivity index (χ3n) is 5.62. The van der Waals surface area contributed by atoms with E-state index in [-0.39, 0.29) is 17.9 Å². The summed E-state index contributed by atoms with van der Waals surface area (Å²) >= 11 is 0.